The number of carbonyl (C=O) groups excluding carboxylic acids is 2. The monoisotopic (exact) mass is 423 g/mol. The number of benzene rings is 2. The van der Waals surface area contributed by atoms with Gasteiger partial charge in [-0.1, -0.05) is 0 Å². The van der Waals surface area contributed by atoms with Crippen LogP contribution in [0, 0.1) is 0 Å². The summed E-state index contributed by atoms with van der Waals surface area (Å²) in [6, 6.07) is 8.37. The van der Waals surface area contributed by atoms with Crippen molar-refractivity contribution < 1.29 is 27.5 Å². The Labute approximate surface area is 167 Å². The number of alkyl halides is 3. The van der Waals surface area contributed by atoms with Crippen LogP contribution in [0.5, 0.6) is 5.75 Å². The van der Waals surface area contributed by atoms with Crippen LogP contribution in [0.1, 0.15) is 22.8 Å². The largest absolute Gasteiger partial charge is 0.494 e. The second-order valence-corrected chi connectivity index (χ2v) is 6.97. The van der Waals surface area contributed by atoms with Gasteiger partial charge in [0.1, 0.15) is 10.8 Å². The Morgan fingerprint density at radius 2 is 1.79 bits per heavy atom. The average molecular weight is 423 g/mol. The number of urea groups is 1. The van der Waals surface area contributed by atoms with E-state index in [9.17, 15) is 22.8 Å². The molecule has 2 aromatic carbocycles. The van der Waals surface area contributed by atoms with Gasteiger partial charge in [0, 0.05) is 15.8 Å². The van der Waals surface area contributed by atoms with Crippen molar-refractivity contribution in [2.45, 2.75) is 13.1 Å². The first-order valence-corrected chi connectivity index (χ1v) is 9.25. The fourth-order valence-electron chi connectivity index (χ4n) is 2.67. The molecule has 0 saturated carbocycles. The number of hydrogen-bond acceptors (Lipinski definition) is 4. The third-order valence-corrected chi connectivity index (χ3v) is 4.98. The predicted molar refractivity (Wildman–Crippen MR) is 106 cm³/mol. The average Bonchev–Trinajstić information content (AvgIpc) is 2.98. The van der Waals surface area contributed by atoms with Crippen LogP contribution in [-0.2, 0) is 6.18 Å². The zero-order valence-electron chi connectivity index (χ0n) is 15.1. The summed E-state index contributed by atoms with van der Waals surface area (Å²) in [4.78, 5) is 24.2. The number of ether oxygens (including phenoxy) is 1. The lowest BCUT2D eigenvalue weighted by atomic mass is 10.1. The molecule has 10 heteroatoms. The molecule has 0 aliphatic rings. The fourth-order valence-corrected chi connectivity index (χ4v) is 3.81. The highest BCUT2D eigenvalue weighted by atomic mass is 32.1. The van der Waals surface area contributed by atoms with Crippen LogP contribution in [0.3, 0.4) is 0 Å². The zero-order valence-corrected chi connectivity index (χ0v) is 15.9. The Hall–Kier alpha value is -3.27. The first kappa shape index (κ1) is 20.5. The molecule has 0 aliphatic heterocycles. The molecule has 0 radical (unpaired) electrons. The Bertz CT molecular complexity index is 1060. The topological polar surface area (TPSA) is 93.4 Å². The van der Waals surface area contributed by atoms with Gasteiger partial charge in [-0.25, -0.2) is 4.79 Å². The standard InChI is InChI=1S/C19H16F3N3O3S/c1-2-28-12-7-8-13-14(9-12)29-17(15(13)16(23)26)25-18(27)24-11-5-3-10(4-6-11)19(20,21)22/h3-9H,2H2,1H3,(H2,23,26)(H2,24,25,27). The first-order valence-electron chi connectivity index (χ1n) is 8.43. The number of primary amides is 1. The van der Waals surface area contributed by atoms with E-state index in [4.69, 9.17) is 10.5 Å². The lowest BCUT2D eigenvalue weighted by molar-refractivity contribution is -0.137. The summed E-state index contributed by atoms with van der Waals surface area (Å²) in [7, 11) is 0. The minimum Gasteiger partial charge on any atom is -0.494 e. The molecule has 6 nitrogen and oxygen atoms in total. The normalized spacial score (nSPS) is 11.3. The van der Waals surface area contributed by atoms with Crippen molar-refractivity contribution in [3.8, 4) is 5.75 Å². The summed E-state index contributed by atoms with van der Waals surface area (Å²) < 4.78 is 44.0. The maximum atomic E-state index is 12.6. The third-order valence-electron chi connectivity index (χ3n) is 3.92. The van der Waals surface area contributed by atoms with E-state index in [1.807, 2.05) is 6.92 Å². The molecular formula is C19H16F3N3O3S. The van der Waals surface area contributed by atoms with Gasteiger partial charge >= 0.3 is 12.2 Å². The molecule has 0 bridgehead atoms. The molecule has 0 atom stereocenters. The van der Waals surface area contributed by atoms with Crippen LogP contribution in [0.2, 0.25) is 0 Å². The Balaban J connectivity index is 1.82. The van der Waals surface area contributed by atoms with Gasteiger partial charge in [0.15, 0.2) is 0 Å². The molecule has 29 heavy (non-hydrogen) atoms. The predicted octanol–water partition coefficient (Wildman–Crippen LogP) is 5.06. The number of nitrogens with one attached hydrogen (secondary N) is 2. The summed E-state index contributed by atoms with van der Waals surface area (Å²) in [5.74, 6) is -0.108. The zero-order chi connectivity index (χ0) is 21.2. The highest BCUT2D eigenvalue weighted by Gasteiger charge is 2.30. The molecule has 152 valence electrons. The summed E-state index contributed by atoms with van der Waals surface area (Å²) >= 11 is 1.14. The van der Waals surface area contributed by atoms with Crippen LogP contribution in [0.25, 0.3) is 10.1 Å². The number of rotatable bonds is 5. The van der Waals surface area contributed by atoms with E-state index in [1.165, 1.54) is 0 Å². The highest BCUT2D eigenvalue weighted by molar-refractivity contribution is 7.23. The van der Waals surface area contributed by atoms with Gasteiger partial charge in [0.2, 0.25) is 0 Å². The van der Waals surface area contributed by atoms with Crippen LogP contribution >= 0.6 is 11.3 Å². The Kier molecular flexibility index (Phi) is 5.64. The second-order valence-electron chi connectivity index (χ2n) is 5.92. The summed E-state index contributed by atoms with van der Waals surface area (Å²) in [6.07, 6.45) is -4.46. The molecule has 3 rings (SSSR count). The Morgan fingerprint density at radius 3 is 2.38 bits per heavy atom. The van der Waals surface area contributed by atoms with E-state index in [2.05, 4.69) is 10.6 Å². The van der Waals surface area contributed by atoms with E-state index in [1.54, 1.807) is 18.2 Å². The van der Waals surface area contributed by atoms with E-state index >= 15 is 0 Å². The van der Waals surface area contributed by atoms with Crippen molar-refractivity contribution in [2.75, 3.05) is 17.2 Å². The number of anilines is 2. The van der Waals surface area contributed by atoms with Gasteiger partial charge < -0.3 is 15.8 Å². The number of halogens is 3. The van der Waals surface area contributed by atoms with Crippen molar-refractivity contribution in [2.24, 2.45) is 5.73 Å². The third kappa shape index (κ3) is 4.60. The van der Waals surface area contributed by atoms with E-state index < -0.39 is 23.7 Å². The minimum atomic E-state index is -4.46. The van der Waals surface area contributed by atoms with Gasteiger partial charge in [0.25, 0.3) is 5.91 Å². The Morgan fingerprint density at radius 1 is 1.10 bits per heavy atom. The van der Waals surface area contributed by atoms with Crippen LogP contribution in [-0.4, -0.2) is 18.5 Å². The van der Waals surface area contributed by atoms with Crippen molar-refractivity contribution in [3.63, 3.8) is 0 Å². The van der Waals surface area contributed by atoms with E-state index in [-0.39, 0.29) is 16.3 Å². The van der Waals surface area contributed by atoms with Gasteiger partial charge in [0.05, 0.1) is 17.7 Å². The SMILES string of the molecule is CCOc1ccc2c(C(N)=O)c(NC(=O)Nc3ccc(C(F)(F)F)cc3)sc2c1. The summed E-state index contributed by atoms with van der Waals surface area (Å²) in [5.41, 5.74) is 4.95. The van der Waals surface area contributed by atoms with E-state index in [0.29, 0.717) is 22.4 Å². The summed E-state index contributed by atoms with van der Waals surface area (Å²) in [5, 5.41) is 5.75. The molecule has 3 amide bonds. The molecule has 3 aromatic rings. The van der Waals surface area contributed by atoms with Gasteiger partial charge in [-0.15, -0.1) is 11.3 Å². The second kappa shape index (κ2) is 8.00. The highest BCUT2D eigenvalue weighted by Crippen LogP contribution is 2.37. The molecule has 1 aromatic heterocycles. The van der Waals surface area contributed by atoms with Crippen molar-refractivity contribution in [3.05, 3.63) is 53.6 Å². The van der Waals surface area contributed by atoms with Gasteiger partial charge in [-0.3, -0.25) is 10.1 Å². The molecular weight excluding hydrogens is 407 g/mol. The van der Waals surface area contributed by atoms with Crippen LogP contribution < -0.4 is 21.1 Å². The van der Waals surface area contributed by atoms with Crippen LogP contribution in [0.15, 0.2) is 42.5 Å². The number of carbonyl (C=O) groups is 2. The number of hydrogen-bond donors (Lipinski definition) is 3. The maximum Gasteiger partial charge on any atom is 0.416 e. The van der Waals surface area contributed by atoms with Gasteiger partial charge in [-0.05, 0) is 49.4 Å². The minimum absolute atomic E-state index is 0.149. The lowest BCUT2D eigenvalue weighted by Crippen LogP contribution is -2.21. The number of nitrogens with two attached hydrogens (primary N) is 1. The molecule has 0 aliphatic carbocycles. The first-order chi connectivity index (χ1) is 13.7. The molecule has 0 spiro atoms. The van der Waals surface area contributed by atoms with Crippen molar-refractivity contribution in [1.82, 2.24) is 0 Å². The fraction of sp³-hybridized carbons (Fsp3) is 0.158. The molecule has 1 heterocycles. The smallest absolute Gasteiger partial charge is 0.416 e. The van der Waals surface area contributed by atoms with Crippen molar-refractivity contribution >= 4 is 44.0 Å². The quantitative estimate of drug-likeness (QED) is 0.535. The number of amides is 3. The van der Waals surface area contributed by atoms with Crippen LogP contribution in [0.4, 0.5) is 28.7 Å². The molecule has 0 unspecified atom stereocenters. The molecule has 0 saturated heterocycles. The van der Waals surface area contributed by atoms with Gasteiger partial charge in [-0.2, -0.15) is 13.2 Å². The number of thiophene rings is 1. The maximum absolute atomic E-state index is 12.6. The summed E-state index contributed by atoms with van der Waals surface area (Å²) in [6.45, 7) is 2.31. The van der Waals surface area contributed by atoms with Crippen molar-refractivity contribution in [1.29, 1.82) is 0 Å². The van der Waals surface area contributed by atoms with E-state index in [0.717, 1.165) is 35.6 Å². The molecule has 4 N–H and O–H groups in total. The number of fused-ring (bicyclic) bond motifs is 1. The lowest BCUT2D eigenvalue weighted by Gasteiger charge is -2.09. The molecule has 0 fully saturated rings.